The molecule has 1 aliphatic rings. The fourth-order valence-corrected chi connectivity index (χ4v) is 2.15. The van der Waals surface area contributed by atoms with Gasteiger partial charge in [0.15, 0.2) is 5.95 Å². The Hall–Kier alpha value is -1.03. The number of H-pyrrole nitrogens is 1. The minimum atomic E-state index is 0.587. The number of aromatic amines is 1. The summed E-state index contributed by atoms with van der Waals surface area (Å²) in [5.41, 5.74) is 0. The number of likely N-dealkylation sites (tertiary alicyclic amines) is 1. The van der Waals surface area contributed by atoms with Crippen molar-refractivity contribution in [2.24, 2.45) is 0 Å². The standard InChI is InChI=1S/C11H20N4/c1-2-7-15-8-3-10(4-9-15)14-11-12-5-6-13-11/h5-6,10H,2-4,7-9H2,1H3,(H2,12,13,14). The number of anilines is 1. The molecule has 4 nitrogen and oxygen atoms in total. The molecule has 1 fully saturated rings. The van der Waals surface area contributed by atoms with Crippen molar-refractivity contribution < 1.29 is 0 Å². The molecule has 1 aromatic heterocycles. The Bertz CT molecular complexity index is 262. The zero-order valence-electron chi connectivity index (χ0n) is 9.37. The predicted molar refractivity (Wildman–Crippen MR) is 62.0 cm³/mol. The molecule has 2 N–H and O–H groups in total. The number of hydrogen-bond acceptors (Lipinski definition) is 3. The molecule has 15 heavy (non-hydrogen) atoms. The minimum absolute atomic E-state index is 0.587. The van der Waals surface area contributed by atoms with Crippen molar-refractivity contribution in [2.75, 3.05) is 25.0 Å². The summed E-state index contributed by atoms with van der Waals surface area (Å²) in [5.74, 6) is 0.906. The topological polar surface area (TPSA) is 44.0 Å². The first-order valence-electron chi connectivity index (χ1n) is 5.86. The van der Waals surface area contributed by atoms with Crippen LogP contribution >= 0.6 is 0 Å². The van der Waals surface area contributed by atoms with Gasteiger partial charge in [-0.15, -0.1) is 0 Å². The van der Waals surface area contributed by atoms with Crippen molar-refractivity contribution >= 4 is 5.95 Å². The predicted octanol–water partition coefficient (Wildman–Crippen LogP) is 1.70. The van der Waals surface area contributed by atoms with Gasteiger partial charge in [-0.3, -0.25) is 0 Å². The van der Waals surface area contributed by atoms with E-state index in [2.05, 4.69) is 27.1 Å². The smallest absolute Gasteiger partial charge is 0.200 e. The molecular formula is C11H20N4. The first-order chi connectivity index (χ1) is 7.38. The zero-order chi connectivity index (χ0) is 10.5. The van der Waals surface area contributed by atoms with Gasteiger partial charge in [0.05, 0.1) is 0 Å². The summed E-state index contributed by atoms with van der Waals surface area (Å²) in [7, 11) is 0. The second-order valence-electron chi connectivity index (χ2n) is 4.20. The third-order valence-electron chi connectivity index (χ3n) is 2.97. The maximum Gasteiger partial charge on any atom is 0.200 e. The molecule has 2 heterocycles. The van der Waals surface area contributed by atoms with Crippen molar-refractivity contribution in [2.45, 2.75) is 32.2 Å². The fraction of sp³-hybridized carbons (Fsp3) is 0.727. The third-order valence-corrected chi connectivity index (χ3v) is 2.97. The Morgan fingerprint density at radius 1 is 1.53 bits per heavy atom. The summed E-state index contributed by atoms with van der Waals surface area (Å²) >= 11 is 0. The number of rotatable bonds is 4. The molecule has 0 radical (unpaired) electrons. The van der Waals surface area contributed by atoms with Crippen LogP contribution in [0.1, 0.15) is 26.2 Å². The number of hydrogen-bond donors (Lipinski definition) is 2. The first-order valence-corrected chi connectivity index (χ1v) is 5.86. The third kappa shape index (κ3) is 2.96. The van der Waals surface area contributed by atoms with E-state index in [1.165, 1.54) is 38.9 Å². The lowest BCUT2D eigenvalue weighted by Gasteiger charge is -2.31. The molecule has 84 valence electrons. The summed E-state index contributed by atoms with van der Waals surface area (Å²) in [4.78, 5) is 9.81. The van der Waals surface area contributed by atoms with E-state index in [1.807, 2.05) is 6.20 Å². The van der Waals surface area contributed by atoms with Crippen LogP contribution in [-0.4, -0.2) is 40.5 Å². The van der Waals surface area contributed by atoms with Gasteiger partial charge in [0, 0.05) is 31.5 Å². The highest BCUT2D eigenvalue weighted by atomic mass is 15.2. The van der Waals surface area contributed by atoms with E-state index in [4.69, 9.17) is 0 Å². The summed E-state index contributed by atoms with van der Waals surface area (Å²) in [6, 6.07) is 0.587. The number of imidazole rings is 1. The van der Waals surface area contributed by atoms with Crippen molar-refractivity contribution in [1.29, 1.82) is 0 Å². The summed E-state index contributed by atoms with van der Waals surface area (Å²) in [6.45, 7) is 5.92. The molecule has 0 amide bonds. The van der Waals surface area contributed by atoms with Gasteiger partial charge < -0.3 is 15.2 Å². The second kappa shape index (κ2) is 5.16. The molecule has 0 aromatic carbocycles. The van der Waals surface area contributed by atoms with Gasteiger partial charge in [0.2, 0.25) is 0 Å². The zero-order valence-corrected chi connectivity index (χ0v) is 9.37. The van der Waals surface area contributed by atoms with Crippen LogP contribution in [0.4, 0.5) is 5.95 Å². The van der Waals surface area contributed by atoms with Gasteiger partial charge in [-0.25, -0.2) is 4.98 Å². The lowest BCUT2D eigenvalue weighted by Crippen LogP contribution is -2.39. The lowest BCUT2D eigenvalue weighted by atomic mass is 10.1. The van der Waals surface area contributed by atoms with Gasteiger partial charge >= 0.3 is 0 Å². The molecular weight excluding hydrogens is 188 g/mol. The Morgan fingerprint density at radius 2 is 2.33 bits per heavy atom. The Kier molecular flexibility index (Phi) is 3.61. The fourth-order valence-electron chi connectivity index (χ4n) is 2.15. The van der Waals surface area contributed by atoms with Crippen molar-refractivity contribution in [1.82, 2.24) is 14.9 Å². The van der Waals surface area contributed by atoms with E-state index < -0.39 is 0 Å². The van der Waals surface area contributed by atoms with Crippen molar-refractivity contribution in [3.63, 3.8) is 0 Å². The average molecular weight is 208 g/mol. The second-order valence-corrected chi connectivity index (χ2v) is 4.20. The number of nitrogens with one attached hydrogen (secondary N) is 2. The van der Waals surface area contributed by atoms with Crippen LogP contribution in [0, 0.1) is 0 Å². The maximum atomic E-state index is 4.19. The van der Waals surface area contributed by atoms with Crippen LogP contribution in [0.5, 0.6) is 0 Å². The molecule has 1 aliphatic heterocycles. The lowest BCUT2D eigenvalue weighted by molar-refractivity contribution is 0.219. The average Bonchev–Trinajstić information content (AvgIpc) is 2.74. The van der Waals surface area contributed by atoms with Gasteiger partial charge in [-0.1, -0.05) is 6.92 Å². The maximum absolute atomic E-state index is 4.19. The van der Waals surface area contributed by atoms with Gasteiger partial charge in [-0.2, -0.15) is 0 Å². The molecule has 4 heteroatoms. The van der Waals surface area contributed by atoms with E-state index in [0.29, 0.717) is 6.04 Å². The van der Waals surface area contributed by atoms with Crippen LogP contribution in [-0.2, 0) is 0 Å². The van der Waals surface area contributed by atoms with Gasteiger partial charge in [-0.05, 0) is 25.8 Å². The van der Waals surface area contributed by atoms with Gasteiger partial charge in [0.1, 0.15) is 0 Å². The molecule has 0 unspecified atom stereocenters. The highest BCUT2D eigenvalue weighted by Crippen LogP contribution is 2.13. The SMILES string of the molecule is CCCN1CCC(Nc2ncc[nH]2)CC1. The van der Waals surface area contributed by atoms with Gasteiger partial charge in [0.25, 0.3) is 0 Å². The number of piperidine rings is 1. The summed E-state index contributed by atoms with van der Waals surface area (Å²) < 4.78 is 0. The molecule has 0 spiro atoms. The molecule has 2 rings (SSSR count). The Morgan fingerprint density at radius 3 is 2.93 bits per heavy atom. The quantitative estimate of drug-likeness (QED) is 0.791. The number of nitrogens with zero attached hydrogens (tertiary/aromatic N) is 2. The van der Waals surface area contributed by atoms with E-state index in [1.54, 1.807) is 6.20 Å². The molecule has 0 saturated carbocycles. The normalized spacial score (nSPS) is 19.3. The van der Waals surface area contributed by atoms with E-state index in [-0.39, 0.29) is 0 Å². The minimum Gasteiger partial charge on any atom is -0.353 e. The van der Waals surface area contributed by atoms with Crippen LogP contribution in [0.15, 0.2) is 12.4 Å². The highest BCUT2D eigenvalue weighted by molar-refractivity contribution is 5.24. The Balaban J connectivity index is 1.74. The summed E-state index contributed by atoms with van der Waals surface area (Å²) in [6.07, 6.45) is 7.35. The van der Waals surface area contributed by atoms with E-state index in [0.717, 1.165) is 5.95 Å². The Labute approximate surface area is 91.1 Å². The molecule has 1 saturated heterocycles. The highest BCUT2D eigenvalue weighted by Gasteiger charge is 2.18. The van der Waals surface area contributed by atoms with Crippen molar-refractivity contribution in [3.8, 4) is 0 Å². The summed E-state index contributed by atoms with van der Waals surface area (Å²) in [5, 5.41) is 3.43. The van der Waals surface area contributed by atoms with Crippen LogP contribution in [0.3, 0.4) is 0 Å². The van der Waals surface area contributed by atoms with Crippen molar-refractivity contribution in [3.05, 3.63) is 12.4 Å². The van der Waals surface area contributed by atoms with Crippen LogP contribution in [0.25, 0.3) is 0 Å². The monoisotopic (exact) mass is 208 g/mol. The molecule has 1 aromatic rings. The molecule has 0 aliphatic carbocycles. The number of aromatic nitrogens is 2. The molecule has 0 atom stereocenters. The molecule has 0 bridgehead atoms. The first kappa shape index (κ1) is 10.5. The largest absolute Gasteiger partial charge is 0.353 e. The van der Waals surface area contributed by atoms with E-state index >= 15 is 0 Å². The van der Waals surface area contributed by atoms with Crippen LogP contribution < -0.4 is 5.32 Å². The van der Waals surface area contributed by atoms with Crippen LogP contribution in [0.2, 0.25) is 0 Å². The van der Waals surface area contributed by atoms with E-state index in [9.17, 15) is 0 Å².